The molecule has 4 heteroatoms. The minimum absolute atomic E-state index is 0.634. The molecule has 1 atom stereocenters. The molecule has 1 aliphatic heterocycles. The monoisotopic (exact) mass is 433 g/mol. The van der Waals surface area contributed by atoms with E-state index in [0.29, 0.717) is 0 Å². The van der Waals surface area contributed by atoms with Crippen molar-refractivity contribution in [3.63, 3.8) is 0 Å². The zero-order chi connectivity index (χ0) is 22.5. The second-order valence-corrected chi connectivity index (χ2v) is 8.62. The lowest BCUT2D eigenvalue weighted by Crippen LogP contribution is -2.49. The fourth-order valence-corrected chi connectivity index (χ4v) is 4.94. The molecule has 0 amide bonds. The number of aryl methyl sites for hydroxylation is 3. The van der Waals surface area contributed by atoms with Gasteiger partial charge in [-0.2, -0.15) is 4.57 Å². The van der Waals surface area contributed by atoms with E-state index >= 15 is 0 Å². The van der Waals surface area contributed by atoms with E-state index in [0.717, 1.165) is 50.7 Å². The first-order chi connectivity index (χ1) is 16.1. The lowest BCUT2D eigenvalue weighted by atomic mass is 10.1. The number of rotatable bonds is 3. The Labute approximate surface area is 193 Å². The van der Waals surface area contributed by atoms with E-state index in [1.165, 1.54) is 5.56 Å². The number of aromatic nitrogens is 2. The fourth-order valence-electron chi connectivity index (χ4n) is 4.94. The topological polar surface area (TPSA) is 27.3 Å². The Hall–Kier alpha value is -4.05. The highest BCUT2D eigenvalue weighted by molar-refractivity contribution is 5.80. The summed E-state index contributed by atoms with van der Waals surface area (Å²) in [5.74, 6) is 2.71. The zero-order valence-corrected chi connectivity index (χ0v) is 18.9. The molecule has 0 fully saturated rings. The van der Waals surface area contributed by atoms with Gasteiger partial charge in [-0.25, -0.2) is 0 Å². The van der Waals surface area contributed by atoms with Crippen LogP contribution in [0, 0.1) is 20.8 Å². The SMILES string of the molecule is Cc1cc(C)c(OC2Oc3ccccc3-c3n(-c4ccccc4)c4ccccc4[n+]32)c(C)c1. The summed E-state index contributed by atoms with van der Waals surface area (Å²) in [6.07, 6.45) is -0.634. The van der Waals surface area contributed by atoms with Gasteiger partial charge in [0, 0.05) is 0 Å². The molecule has 0 saturated heterocycles. The van der Waals surface area contributed by atoms with Crippen LogP contribution in [-0.4, -0.2) is 4.57 Å². The van der Waals surface area contributed by atoms with E-state index in [1.54, 1.807) is 0 Å². The third-order valence-corrected chi connectivity index (χ3v) is 6.23. The Bertz CT molecular complexity index is 1480. The first-order valence-corrected chi connectivity index (χ1v) is 11.2. The molecule has 4 nitrogen and oxygen atoms in total. The number of benzene rings is 4. The summed E-state index contributed by atoms with van der Waals surface area (Å²) < 4.78 is 17.6. The van der Waals surface area contributed by atoms with Gasteiger partial charge in [-0.05, 0) is 68.3 Å². The number of hydrogen-bond donors (Lipinski definition) is 0. The van der Waals surface area contributed by atoms with Crippen molar-refractivity contribution in [1.29, 1.82) is 0 Å². The summed E-state index contributed by atoms with van der Waals surface area (Å²) in [7, 11) is 0. The Morgan fingerprint density at radius 3 is 2.24 bits per heavy atom. The fraction of sp³-hybridized carbons (Fsp3) is 0.138. The van der Waals surface area contributed by atoms with E-state index in [-0.39, 0.29) is 0 Å². The predicted molar refractivity (Wildman–Crippen MR) is 130 cm³/mol. The molecule has 0 N–H and O–H groups in total. The van der Waals surface area contributed by atoms with Crippen molar-refractivity contribution in [3.05, 3.63) is 108 Å². The zero-order valence-electron chi connectivity index (χ0n) is 18.9. The maximum atomic E-state index is 6.64. The van der Waals surface area contributed by atoms with E-state index in [1.807, 2.05) is 18.2 Å². The molecular weight excluding hydrogens is 408 g/mol. The first-order valence-electron chi connectivity index (χ1n) is 11.2. The van der Waals surface area contributed by atoms with Crippen LogP contribution in [0.2, 0.25) is 0 Å². The highest BCUT2D eigenvalue weighted by Crippen LogP contribution is 2.39. The van der Waals surface area contributed by atoms with Crippen LogP contribution in [0.15, 0.2) is 91.0 Å². The number of ether oxygens (including phenoxy) is 2. The third kappa shape index (κ3) is 3.10. The number of hydrogen-bond acceptors (Lipinski definition) is 2. The summed E-state index contributed by atoms with van der Waals surface area (Å²) in [6.45, 7) is 6.29. The molecule has 1 aliphatic rings. The Morgan fingerprint density at radius 1 is 0.788 bits per heavy atom. The maximum Gasteiger partial charge on any atom is 0.404 e. The van der Waals surface area contributed by atoms with Crippen LogP contribution in [0.1, 0.15) is 23.1 Å². The van der Waals surface area contributed by atoms with Gasteiger partial charge >= 0.3 is 12.2 Å². The molecule has 2 heterocycles. The van der Waals surface area contributed by atoms with Crippen molar-refractivity contribution >= 4 is 11.0 Å². The van der Waals surface area contributed by atoms with Gasteiger partial charge in [-0.1, -0.05) is 60.2 Å². The lowest BCUT2D eigenvalue weighted by molar-refractivity contribution is -0.760. The molecular formula is C29H25N2O2+. The minimum atomic E-state index is -0.634. The molecule has 0 radical (unpaired) electrons. The van der Waals surface area contributed by atoms with Crippen molar-refractivity contribution in [1.82, 2.24) is 4.57 Å². The van der Waals surface area contributed by atoms with Gasteiger partial charge in [0.05, 0.1) is 0 Å². The van der Waals surface area contributed by atoms with Gasteiger partial charge in [0.2, 0.25) is 0 Å². The Morgan fingerprint density at radius 2 is 1.45 bits per heavy atom. The van der Waals surface area contributed by atoms with Crippen LogP contribution in [0.3, 0.4) is 0 Å². The summed E-state index contributed by atoms with van der Waals surface area (Å²) in [5, 5.41) is 0. The van der Waals surface area contributed by atoms with Crippen molar-refractivity contribution in [3.8, 4) is 28.6 Å². The van der Waals surface area contributed by atoms with Crippen molar-refractivity contribution in [2.75, 3.05) is 0 Å². The molecule has 0 bridgehead atoms. The molecule has 1 aromatic heterocycles. The molecule has 1 unspecified atom stereocenters. The Kier molecular flexibility index (Phi) is 4.47. The minimum Gasteiger partial charge on any atom is -0.419 e. The molecule has 0 aliphatic carbocycles. The number of fused-ring (bicyclic) bond motifs is 5. The molecule has 4 aromatic carbocycles. The lowest BCUT2D eigenvalue weighted by Gasteiger charge is -2.25. The standard InChI is InChI=1S/C29H25N2O2/c1-19-17-20(2)27(21(3)18-19)33-29-31-25-15-9-8-14-24(25)30(22-11-5-4-6-12-22)28(31)23-13-7-10-16-26(23)32-29/h4-18,29H,1-3H3/q+1. The highest BCUT2D eigenvalue weighted by Gasteiger charge is 2.40. The van der Waals surface area contributed by atoms with E-state index in [9.17, 15) is 0 Å². The summed E-state index contributed by atoms with van der Waals surface area (Å²) >= 11 is 0. The molecule has 162 valence electrons. The third-order valence-electron chi connectivity index (χ3n) is 6.23. The van der Waals surface area contributed by atoms with Gasteiger partial charge in [-0.3, -0.25) is 0 Å². The smallest absolute Gasteiger partial charge is 0.404 e. The molecule has 0 spiro atoms. The van der Waals surface area contributed by atoms with Crippen LogP contribution in [0.25, 0.3) is 28.1 Å². The number of imidazole rings is 1. The van der Waals surface area contributed by atoms with Gasteiger partial charge in [0.1, 0.15) is 22.7 Å². The highest BCUT2D eigenvalue weighted by atomic mass is 16.7. The van der Waals surface area contributed by atoms with Crippen molar-refractivity contribution in [2.24, 2.45) is 0 Å². The van der Waals surface area contributed by atoms with Crippen LogP contribution in [-0.2, 0) is 0 Å². The summed E-state index contributed by atoms with van der Waals surface area (Å²) in [5.41, 5.74) is 7.72. The van der Waals surface area contributed by atoms with Crippen LogP contribution >= 0.6 is 0 Å². The van der Waals surface area contributed by atoms with Gasteiger partial charge in [0.15, 0.2) is 11.0 Å². The number of para-hydroxylation sites is 4. The summed E-state index contributed by atoms with van der Waals surface area (Å²) in [6, 6.07) is 31.3. The van der Waals surface area contributed by atoms with Crippen molar-refractivity contribution in [2.45, 2.75) is 27.2 Å². The van der Waals surface area contributed by atoms with Gasteiger partial charge in [-0.15, -0.1) is 4.57 Å². The van der Waals surface area contributed by atoms with Crippen molar-refractivity contribution < 1.29 is 14.0 Å². The van der Waals surface area contributed by atoms with E-state index in [2.05, 4.69) is 103 Å². The molecule has 0 saturated carbocycles. The van der Waals surface area contributed by atoms with Crippen LogP contribution < -0.4 is 14.0 Å². The molecule has 6 rings (SSSR count). The van der Waals surface area contributed by atoms with Gasteiger partial charge < -0.3 is 9.47 Å². The molecule has 33 heavy (non-hydrogen) atoms. The first kappa shape index (κ1) is 19.6. The quantitative estimate of drug-likeness (QED) is 0.306. The average molecular weight is 434 g/mol. The number of nitrogens with zero attached hydrogens (tertiary/aromatic N) is 2. The van der Waals surface area contributed by atoms with Crippen LogP contribution in [0.5, 0.6) is 11.5 Å². The van der Waals surface area contributed by atoms with E-state index in [4.69, 9.17) is 9.47 Å². The van der Waals surface area contributed by atoms with E-state index < -0.39 is 6.41 Å². The second-order valence-electron chi connectivity index (χ2n) is 8.62. The van der Waals surface area contributed by atoms with Crippen LogP contribution in [0.4, 0.5) is 0 Å². The Balaban J connectivity index is 1.64. The molecule has 5 aromatic rings. The van der Waals surface area contributed by atoms with Gasteiger partial charge in [0.25, 0.3) is 0 Å². The summed E-state index contributed by atoms with van der Waals surface area (Å²) in [4.78, 5) is 0. The largest absolute Gasteiger partial charge is 0.419 e. The average Bonchev–Trinajstić information content (AvgIpc) is 3.18. The maximum absolute atomic E-state index is 6.64. The normalized spacial score (nSPS) is 14.5. The second kappa shape index (κ2) is 7.52. The predicted octanol–water partition coefficient (Wildman–Crippen LogP) is 6.44.